The van der Waals surface area contributed by atoms with Crippen LogP contribution in [0.5, 0.6) is 5.75 Å². The third kappa shape index (κ3) is 12.2. The smallest absolute Gasteiger partial charge is 0.410 e. The summed E-state index contributed by atoms with van der Waals surface area (Å²) in [4.78, 5) is 50.1. The average Bonchev–Trinajstić information content (AvgIpc) is 2.80. The number of likely N-dealkylation sites (N-methyl/N-ethyl adjacent to an activating group) is 3. The number of nitrogens with one attached hydrogen (secondary N) is 2. The highest BCUT2D eigenvalue weighted by Crippen LogP contribution is 2.15. The molecule has 36 heavy (non-hydrogen) atoms. The molecule has 0 aliphatic heterocycles. The van der Waals surface area contributed by atoms with Gasteiger partial charge in [0, 0.05) is 33.7 Å². The summed E-state index contributed by atoms with van der Waals surface area (Å²) in [5, 5.41) is 5.36. The Morgan fingerprint density at radius 2 is 1.58 bits per heavy atom. The van der Waals surface area contributed by atoms with Crippen molar-refractivity contribution in [1.82, 2.24) is 20.4 Å². The number of nitrogens with zero attached hydrogens (tertiary/aromatic N) is 2. The molecule has 0 saturated carbocycles. The van der Waals surface area contributed by atoms with E-state index in [-0.39, 0.29) is 19.7 Å². The first-order chi connectivity index (χ1) is 16.8. The summed E-state index contributed by atoms with van der Waals surface area (Å²) in [6.45, 7) is 6.31. The van der Waals surface area contributed by atoms with Crippen molar-refractivity contribution >= 4 is 24.2 Å². The minimum Gasteiger partial charge on any atom is -0.445 e. The molecule has 1 rings (SSSR count). The van der Waals surface area contributed by atoms with Gasteiger partial charge in [-0.25, -0.2) is 19.2 Å². The van der Waals surface area contributed by atoms with Gasteiger partial charge in [-0.1, -0.05) is 12.1 Å². The van der Waals surface area contributed by atoms with Crippen LogP contribution in [-0.2, 0) is 20.9 Å². The van der Waals surface area contributed by atoms with Gasteiger partial charge in [0.2, 0.25) is 0 Å². The Balaban J connectivity index is 2.44. The van der Waals surface area contributed by atoms with Crippen LogP contribution in [0.1, 0.15) is 39.2 Å². The van der Waals surface area contributed by atoms with Gasteiger partial charge in [-0.05, 0) is 58.4 Å². The van der Waals surface area contributed by atoms with Crippen LogP contribution in [0.25, 0.3) is 0 Å². The van der Waals surface area contributed by atoms with E-state index < -0.39 is 35.8 Å². The lowest BCUT2D eigenvalue weighted by Crippen LogP contribution is -2.40. The third-order valence-electron chi connectivity index (χ3n) is 4.89. The molecule has 1 atom stereocenters. The summed E-state index contributed by atoms with van der Waals surface area (Å²) in [6.07, 6.45) is 0.0154. The third-order valence-corrected chi connectivity index (χ3v) is 4.89. The van der Waals surface area contributed by atoms with E-state index in [1.165, 1.54) is 9.80 Å². The Labute approximate surface area is 212 Å². The normalized spacial score (nSPS) is 11.7. The fourth-order valence-electron chi connectivity index (χ4n) is 2.82. The molecule has 4 amide bonds. The number of benzene rings is 1. The second-order valence-electron chi connectivity index (χ2n) is 9.22. The van der Waals surface area contributed by atoms with E-state index in [1.54, 1.807) is 66.2 Å². The summed E-state index contributed by atoms with van der Waals surface area (Å²) in [5.41, 5.74) is 5.13. The molecule has 12 heteroatoms. The zero-order chi connectivity index (χ0) is 27.3. The largest absolute Gasteiger partial charge is 0.445 e. The Bertz CT molecular complexity index is 871. The van der Waals surface area contributed by atoms with Crippen LogP contribution >= 0.6 is 0 Å². The maximum Gasteiger partial charge on any atom is 0.410 e. The number of carbonyl (C=O) groups excluding carboxylic acids is 4. The van der Waals surface area contributed by atoms with Gasteiger partial charge in [-0.3, -0.25) is 0 Å². The second kappa shape index (κ2) is 14.8. The highest BCUT2D eigenvalue weighted by Gasteiger charge is 2.21. The molecule has 0 saturated heterocycles. The van der Waals surface area contributed by atoms with E-state index in [0.717, 1.165) is 0 Å². The van der Waals surface area contributed by atoms with Crippen molar-refractivity contribution in [2.24, 2.45) is 5.73 Å². The number of rotatable bonds is 12. The number of nitrogens with two attached hydrogens (primary N) is 1. The molecule has 0 unspecified atom stereocenters. The van der Waals surface area contributed by atoms with Gasteiger partial charge < -0.3 is 40.4 Å². The van der Waals surface area contributed by atoms with Crippen molar-refractivity contribution in [3.8, 4) is 5.75 Å². The Hall–Kier alpha value is -3.54. The van der Waals surface area contributed by atoms with E-state index in [9.17, 15) is 19.2 Å². The van der Waals surface area contributed by atoms with Gasteiger partial charge in [-0.2, -0.15) is 0 Å². The molecule has 1 aromatic rings. The Kier molecular flexibility index (Phi) is 12.5. The average molecular weight is 510 g/mol. The van der Waals surface area contributed by atoms with Crippen LogP contribution in [0, 0.1) is 0 Å². The highest BCUT2D eigenvalue weighted by molar-refractivity contribution is 5.78. The van der Waals surface area contributed by atoms with Gasteiger partial charge in [0.25, 0.3) is 0 Å². The topological polar surface area (TPSA) is 153 Å². The minimum absolute atomic E-state index is 0.0330. The quantitative estimate of drug-likeness (QED) is 0.220. The van der Waals surface area contributed by atoms with Gasteiger partial charge in [0.1, 0.15) is 24.0 Å². The fourth-order valence-corrected chi connectivity index (χ4v) is 2.82. The molecular formula is C24H39N5O7. The van der Waals surface area contributed by atoms with Crippen LogP contribution in [0.15, 0.2) is 24.3 Å². The molecule has 0 aromatic heterocycles. The number of hydrogen-bond acceptors (Lipinski definition) is 8. The van der Waals surface area contributed by atoms with Crippen molar-refractivity contribution < 1.29 is 33.4 Å². The lowest BCUT2D eigenvalue weighted by molar-refractivity contribution is -0.136. The number of carbonyl (C=O) groups is 4. The zero-order valence-corrected chi connectivity index (χ0v) is 22.0. The molecule has 0 aliphatic rings. The van der Waals surface area contributed by atoms with E-state index in [2.05, 4.69) is 10.6 Å². The zero-order valence-electron chi connectivity index (χ0n) is 22.0. The van der Waals surface area contributed by atoms with Crippen molar-refractivity contribution in [2.45, 2.75) is 51.9 Å². The first-order valence-electron chi connectivity index (χ1n) is 11.7. The fraction of sp³-hybridized carbons (Fsp3) is 0.583. The molecule has 12 nitrogen and oxygen atoms in total. The maximum absolute atomic E-state index is 12.4. The molecule has 202 valence electrons. The number of hydrogen-bond donors (Lipinski definition) is 3. The van der Waals surface area contributed by atoms with E-state index >= 15 is 0 Å². The van der Waals surface area contributed by atoms with Crippen LogP contribution in [0.3, 0.4) is 0 Å². The number of primary amides is 1. The molecule has 0 heterocycles. The second-order valence-corrected chi connectivity index (χ2v) is 9.22. The molecule has 0 spiro atoms. The van der Waals surface area contributed by atoms with Crippen molar-refractivity contribution in [1.29, 1.82) is 0 Å². The van der Waals surface area contributed by atoms with Gasteiger partial charge in [0.15, 0.2) is 0 Å². The summed E-state index contributed by atoms with van der Waals surface area (Å²) < 4.78 is 16.0. The SMILES string of the molecule is CN[C@@H](CCCNC(N)=O)C(=O)Oc1ccc(COC(=O)N(C)CCN(C)C(=O)OC(C)(C)C)cc1. The first-order valence-corrected chi connectivity index (χ1v) is 11.7. The number of esters is 1. The summed E-state index contributed by atoms with van der Waals surface area (Å²) >= 11 is 0. The minimum atomic E-state index is -0.609. The van der Waals surface area contributed by atoms with Crippen LogP contribution in [-0.4, -0.2) is 86.4 Å². The van der Waals surface area contributed by atoms with E-state index in [0.29, 0.717) is 30.7 Å². The molecule has 4 N–H and O–H groups in total. The van der Waals surface area contributed by atoms with Crippen molar-refractivity contribution in [3.05, 3.63) is 29.8 Å². The summed E-state index contributed by atoms with van der Waals surface area (Å²) in [6, 6.07) is 5.46. The monoisotopic (exact) mass is 509 g/mol. The standard InChI is InChI=1S/C24H39N5O7/c1-24(2,3)36-23(33)29(6)15-14-28(5)22(32)34-16-17-9-11-18(12-10-17)35-20(30)19(26-4)8-7-13-27-21(25)31/h9-12,19,26H,7-8,13-16H2,1-6H3,(H3,25,27,31)/t19-/m0/s1. The summed E-state index contributed by atoms with van der Waals surface area (Å²) in [5.74, 6) is -0.0957. The number of ether oxygens (including phenoxy) is 3. The Morgan fingerprint density at radius 1 is 1.00 bits per heavy atom. The molecule has 0 fully saturated rings. The highest BCUT2D eigenvalue weighted by atomic mass is 16.6. The summed E-state index contributed by atoms with van der Waals surface area (Å²) in [7, 11) is 4.83. The Morgan fingerprint density at radius 3 is 2.11 bits per heavy atom. The lowest BCUT2D eigenvalue weighted by atomic mass is 10.1. The van der Waals surface area contributed by atoms with Crippen LogP contribution in [0.2, 0.25) is 0 Å². The number of amides is 4. The number of urea groups is 1. The molecule has 1 aromatic carbocycles. The first kappa shape index (κ1) is 30.5. The molecule has 0 bridgehead atoms. The van der Waals surface area contributed by atoms with Crippen LogP contribution < -0.4 is 21.1 Å². The van der Waals surface area contributed by atoms with Gasteiger partial charge in [-0.15, -0.1) is 0 Å². The van der Waals surface area contributed by atoms with Crippen molar-refractivity contribution in [2.75, 3.05) is 40.8 Å². The molecule has 0 radical (unpaired) electrons. The van der Waals surface area contributed by atoms with Crippen LogP contribution in [0.4, 0.5) is 14.4 Å². The van der Waals surface area contributed by atoms with Gasteiger partial charge >= 0.3 is 24.2 Å². The molecule has 0 aliphatic carbocycles. The predicted octanol–water partition coefficient (Wildman–Crippen LogP) is 2.06. The van der Waals surface area contributed by atoms with E-state index in [4.69, 9.17) is 19.9 Å². The predicted molar refractivity (Wildman–Crippen MR) is 133 cm³/mol. The maximum atomic E-state index is 12.4. The van der Waals surface area contributed by atoms with Crippen molar-refractivity contribution in [3.63, 3.8) is 0 Å². The lowest BCUT2D eigenvalue weighted by Gasteiger charge is -2.26. The van der Waals surface area contributed by atoms with E-state index in [1.807, 2.05) is 0 Å². The van der Waals surface area contributed by atoms with Gasteiger partial charge in [0.05, 0.1) is 0 Å². The molecular weight excluding hydrogens is 470 g/mol.